The molecule has 2 aromatic rings. The molecule has 0 aliphatic heterocycles. The Kier molecular flexibility index (Phi) is 13.0. The van der Waals surface area contributed by atoms with E-state index >= 15 is 0 Å². The van der Waals surface area contributed by atoms with Gasteiger partial charge in [0.15, 0.2) is 0 Å². The molecule has 6 heteroatoms. The highest BCUT2D eigenvalue weighted by Gasteiger charge is 2.21. The first-order chi connectivity index (χ1) is 13.6. The average Bonchev–Trinajstić information content (AvgIpc) is 2.68. The fraction of sp³-hybridized carbons (Fsp3) is 0.391. The van der Waals surface area contributed by atoms with E-state index in [9.17, 15) is 19.8 Å². The molecular weight excluding hydrogens is 372 g/mol. The van der Waals surface area contributed by atoms with Crippen molar-refractivity contribution >= 4 is 11.9 Å². The quantitative estimate of drug-likeness (QED) is 0.574. The molecule has 0 heterocycles. The minimum Gasteiger partial charge on any atom is -0.478 e. The van der Waals surface area contributed by atoms with Crippen LogP contribution in [0.15, 0.2) is 60.7 Å². The minimum absolute atomic E-state index is 0.0231. The second-order valence-electron chi connectivity index (χ2n) is 7.12. The van der Waals surface area contributed by atoms with Gasteiger partial charge in [-0.05, 0) is 50.5 Å². The van der Waals surface area contributed by atoms with Crippen LogP contribution in [0, 0.1) is 11.8 Å². The number of aliphatic hydroxyl groups is 2. The molecule has 29 heavy (non-hydrogen) atoms. The Morgan fingerprint density at radius 1 is 0.690 bits per heavy atom. The molecule has 2 aromatic carbocycles. The van der Waals surface area contributed by atoms with Gasteiger partial charge in [-0.1, -0.05) is 50.2 Å². The number of aromatic carboxylic acids is 2. The number of carboxylic acid groups (broad SMARTS) is 2. The lowest BCUT2D eigenvalue weighted by Gasteiger charge is -2.24. The van der Waals surface area contributed by atoms with Gasteiger partial charge in [0.1, 0.15) is 0 Å². The summed E-state index contributed by atoms with van der Waals surface area (Å²) in [5.74, 6) is -1.20. The molecule has 0 fully saturated rings. The zero-order valence-corrected chi connectivity index (χ0v) is 17.4. The molecule has 2 rings (SSSR count). The monoisotopic (exact) mass is 404 g/mol. The van der Waals surface area contributed by atoms with Crippen molar-refractivity contribution in [3.8, 4) is 0 Å². The van der Waals surface area contributed by atoms with Gasteiger partial charge in [0.25, 0.3) is 0 Å². The molecule has 2 unspecified atom stereocenters. The normalized spacial score (nSPS) is 13.1. The Morgan fingerprint density at radius 3 is 1.14 bits per heavy atom. The van der Waals surface area contributed by atoms with Crippen molar-refractivity contribution in [2.24, 2.45) is 11.8 Å². The fourth-order valence-electron chi connectivity index (χ4n) is 2.50. The standard InChI is InChI=1S/C9H20O2.2C7H6O2/c1-6(2)5-9(7(3)10)8(4)11;2*8-7(9)6-4-2-1-3-5-6/h6-11H,5H2,1-4H3;2*1-5H,(H,8,9). The number of rotatable bonds is 6. The number of hydrogen-bond acceptors (Lipinski definition) is 4. The molecule has 0 aliphatic carbocycles. The highest BCUT2D eigenvalue weighted by atomic mass is 16.4. The fourth-order valence-corrected chi connectivity index (χ4v) is 2.50. The van der Waals surface area contributed by atoms with Gasteiger partial charge in [-0.15, -0.1) is 0 Å². The third-order valence-electron chi connectivity index (χ3n) is 4.02. The van der Waals surface area contributed by atoms with Gasteiger partial charge in [0.2, 0.25) is 0 Å². The Hall–Kier alpha value is -2.70. The first kappa shape index (κ1) is 26.3. The van der Waals surface area contributed by atoms with Gasteiger partial charge >= 0.3 is 11.9 Å². The van der Waals surface area contributed by atoms with E-state index in [1.807, 2.05) is 0 Å². The summed E-state index contributed by atoms with van der Waals surface area (Å²) in [5, 5.41) is 35.3. The van der Waals surface area contributed by atoms with Crippen LogP contribution in [-0.4, -0.2) is 44.6 Å². The predicted octanol–water partition coefficient (Wildman–Crippen LogP) is 4.18. The van der Waals surface area contributed by atoms with E-state index in [4.69, 9.17) is 10.2 Å². The first-order valence-electron chi connectivity index (χ1n) is 9.49. The van der Waals surface area contributed by atoms with Gasteiger partial charge in [0, 0.05) is 5.92 Å². The number of aliphatic hydroxyl groups excluding tert-OH is 2. The number of benzene rings is 2. The van der Waals surface area contributed by atoms with Crippen LogP contribution < -0.4 is 0 Å². The molecule has 6 nitrogen and oxygen atoms in total. The van der Waals surface area contributed by atoms with E-state index in [0.717, 1.165) is 6.42 Å². The van der Waals surface area contributed by atoms with Crippen LogP contribution in [0.2, 0.25) is 0 Å². The average molecular weight is 405 g/mol. The summed E-state index contributed by atoms with van der Waals surface area (Å²) in [6, 6.07) is 16.6. The molecule has 4 N–H and O–H groups in total. The molecule has 0 saturated heterocycles. The number of carboxylic acids is 2. The van der Waals surface area contributed by atoms with Gasteiger partial charge in [-0.2, -0.15) is 0 Å². The van der Waals surface area contributed by atoms with Crippen LogP contribution in [0.3, 0.4) is 0 Å². The first-order valence-corrected chi connectivity index (χ1v) is 9.49. The summed E-state index contributed by atoms with van der Waals surface area (Å²) < 4.78 is 0. The lowest BCUT2D eigenvalue weighted by atomic mass is 9.89. The second-order valence-corrected chi connectivity index (χ2v) is 7.12. The van der Waals surface area contributed by atoms with Crippen LogP contribution in [0.4, 0.5) is 0 Å². The summed E-state index contributed by atoms with van der Waals surface area (Å²) >= 11 is 0. The van der Waals surface area contributed by atoms with Crippen LogP contribution in [0.5, 0.6) is 0 Å². The van der Waals surface area contributed by atoms with E-state index in [2.05, 4.69) is 13.8 Å². The molecule has 0 saturated carbocycles. The number of hydrogen-bond donors (Lipinski definition) is 4. The summed E-state index contributed by atoms with van der Waals surface area (Å²) in [6.45, 7) is 7.66. The molecule has 0 aliphatic rings. The smallest absolute Gasteiger partial charge is 0.335 e. The third kappa shape index (κ3) is 12.4. The van der Waals surface area contributed by atoms with Crippen molar-refractivity contribution in [2.45, 2.75) is 46.3 Å². The maximum atomic E-state index is 10.2. The van der Waals surface area contributed by atoms with Crippen LogP contribution in [-0.2, 0) is 0 Å². The van der Waals surface area contributed by atoms with Crippen molar-refractivity contribution < 1.29 is 30.0 Å². The molecule has 0 aromatic heterocycles. The third-order valence-corrected chi connectivity index (χ3v) is 4.02. The summed E-state index contributed by atoms with van der Waals surface area (Å²) in [4.78, 5) is 20.4. The largest absolute Gasteiger partial charge is 0.478 e. The maximum Gasteiger partial charge on any atom is 0.335 e. The van der Waals surface area contributed by atoms with Crippen LogP contribution >= 0.6 is 0 Å². The van der Waals surface area contributed by atoms with Gasteiger partial charge in [0.05, 0.1) is 23.3 Å². The SMILES string of the molecule is CC(C)CC(C(C)O)C(C)O.O=C(O)c1ccccc1.O=C(O)c1ccccc1. The van der Waals surface area contributed by atoms with Gasteiger partial charge < -0.3 is 20.4 Å². The maximum absolute atomic E-state index is 10.2. The van der Waals surface area contributed by atoms with Crippen molar-refractivity contribution in [3.63, 3.8) is 0 Å². The predicted molar refractivity (Wildman–Crippen MR) is 113 cm³/mol. The molecular formula is C23H32O6. The molecule has 0 radical (unpaired) electrons. The number of carbonyl (C=O) groups is 2. The van der Waals surface area contributed by atoms with E-state index < -0.39 is 24.1 Å². The van der Waals surface area contributed by atoms with Crippen molar-refractivity contribution in [1.82, 2.24) is 0 Å². The van der Waals surface area contributed by atoms with Crippen molar-refractivity contribution in [1.29, 1.82) is 0 Å². The van der Waals surface area contributed by atoms with E-state index in [1.54, 1.807) is 74.5 Å². The Morgan fingerprint density at radius 2 is 1.00 bits per heavy atom. The van der Waals surface area contributed by atoms with Gasteiger partial charge in [-0.25, -0.2) is 9.59 Å². The van der Waals surface area contributed by atoms with Crippen LogP contribution in [0.1, 0.15) is 54.8 Å². The summed E-state index contributed by atoms with van der Waals surface area (Å²) in [5.41, 5.74) is 0.662. The Bertz CT molecular complexity index is 638. The highest BCUT2D eigenvalue weighted by Crippen LogP contribution is 2.19. The van der Waals surface area contributed by atoms with E-state index in [1.165, 1.54) is 0 Å². The highest BCUT2D eigenvalue weighted by molar-refractivity contribution is 5.87. The topological polar surface area (TPSA) is 115 Å². The molecule has 0 amide bonds. The molecule has 160 valence electrons. The zero-order valence-electron chi connectivity index (χ0n) is 17.4. The zero-order chi connectivity index (χ0) is 22.4. The minimum atomic E-state index is -0.879. The van der Waals surface area contributed by atoms with Gasteiger partial charge in [-0.3, -0.25) is 0 Å². The van der Waals surface area contributed by atoms with Crippen LogP contribution in [0.25, 0.3) is 0 Å². The second kappa shape index (κ2) is 14.3. The molecule has 2 atom stereocenters. The van der Waals surface area contributed by atoms with E-state index in [0.29, 0.717) is 17.0 Å². The van der Waals surface area contributed by atoms with Crippen molar-refractivity contribution in [2.75, 3.05) is 0 Å². The Balaban J connectivity index is 0.000000408. The summed E-state index contributed by atoms with van der Waals surface area (Å²) in [6.07, 6.45) is 0.0739. The molecule has 0 spiro atoms. The lowest BCUT2D eigenvalue weighted by molar-refractivity contribution is 0.0207. The summed E-state index contributed by atoms with van der Waals surface area (Å²) in [7, 11) is 0. The Labute approximate surface area is 172 Å². The lowest BCUT2D eigenvalue weighted by Crippen LogP contribution is -2.28. The van der Waals surface area contributed by atoms with E-state index in [-0.39, 0.29) is 5.92 Å². The van der Waals surface area contributed by atoms with Crippen molar-refractivity contribution in [3.05, 3.63) is 71.8 Å². The molecule has 0 bridgehead atoms.